The van der Waals surface area contributed by atoms with Gasteiger partial charge in [-0.3, -0.25) is 0 Å². The Kier molecular flexibility index (Phi) is 3.90. The summed E-state index contributed by atoms with van der Waals surface area (Å²) in [6.45, 7) is 0. The van der Waals surface area contributed by atoms with Crippen molar-refractivity contribution in [2.45, 2.75) is 18.6 Å². The summed E-state index contributed by atoms with van der Waals surface area (Å²) in [4.78, 5) is 10.7. The number of anilines is 1. The van der Waals surface area contributed by atoms with Crippen LogP contribution in [0.4, 0.5) is 18.3 Å². The number of rotatable bonds is 4. The number of nitrogens with one attached hydrogen (secondary N) is 1. The summed E-state index contributed by atoms with van der Waals surface area (Å²) in [6, 6.07) is -1.19. The number of alkyl halides is 3. The Labute approximate surface area is 97.7 Å². The van der Waals surface area contributed by atoms with Crippen LogP contribution in [0.3, 0.4) is 0 Å². The van der Waals surface area contributed by atoms with Gasteiger partial charge in [0, 0.05) is 6.42 Å². The molecule has 1 unspecified atom stereocenters. The number of aliphatic carboxylic acids is 1. The van der Waals surface area contributed by atoms with Crippen LogP contribution >= 0.6 is 11.3 Å². The average molecular weight is 265 g/mol. The topological polar surface area (TPSA) is 75.1 Å². The zero-order valence-electron chi connectivity index (χ0n) is 8.15. The van der Waals surface area contributed by atoms with Crippen molar-refractivity contribution in [2.24, 2.45) is 0 Å². The van der Waals surface area contributed by atoms with Crippen molar-refractivity contribution in [3.63, 3.8) is 0 Å². The highest BCUT2D eigenvalue weighted by Gasteiger charge is 2.36. The number of carboxylic acid groups (broad SMARTS) is 1. The Hall–Kier alpha value is -1.82. The molecule has 0 saturated heterocycles. The maximum Gasteiger partial charge on any atom is 0.445 e. The van der Waals surface area contributed by atoms with Crippen LogP contribution in [0, 0.1) is 12.3 Å². The first kappa shape index (κ1) is 13.2. The first-order chi connectivity index (χ1) is 7.84. The Morgan fingerprint density at radius 1 is 1.59 bits per heavy atom. The molecule has 0 fully saturated rings. The summed E-state index contributed by atoms with van der Waals surface area (Å²) in [5, 5.41) is 15.7. The first-order valence-corrected chi connectivity index (χ1v) is 4.99. The van der Waals surface area contributed by atoms with Gasteiger partial charge in [0.25, 0.3) is 0 Å². The molecule has 0 aliphatic rings. The van der Waals surface area contributed by atoms with Gasteiger partial charge in [0.2, 0.25) is 10.1 Å². The van der Waals surface area contributed by atoms with E-state index < -0.39 is 23.2 Å². The smallest absolute Gasteiger partial charge is 0.445 e. The van der Waals surface area contributed by atoms with Crippen molar-refractivity contribution in [2.75, 3.05) is 5.32 Å². The Morgan fingerprint density at radius 3 is 2.65 bits per heavy atom. The molecule has 0 radical (unpaired) electrons. The van der Waals surface area contributed by atoms with Crippen molar-refractivity contribution in [1.29, 1.82) is 0 Å². The normalized spacial score (nSPS) is 12.8. The van der Waals surface area contributed by atoms with Gasteiger partial charge in [-0.2, -0.15) is 13.2 Å². The summed E-state index contributed by atoms with van der Waals surface area (Å²) in [5.74, 6) is 0.826. The standard InChI is InChI=1S/C8H6F3N3O2S/c1-2-3-4(5(15)16)12-7-14-13-6(17-7)8(9,10)11/h1,4H,3H2,(H,12,14)(H,15,16). The maximum absolute atomic E-state index is 12.2. The zero-order valence-corrected chi connectivity index (χ0v) is 8.97. The summed E-state index contributed by atoms with van der Waals surface area (Å²) in [6.07, 6.45) is 0.164. The predicted octanol–water partition coefficient (Wildman–Crippen LogP) is 1.45. The number of nitrogens with zero attached hydrogens (tertiary/aromatic N) is 2. The zero-order chi connectivity index (χ0) is 13.1. The molecule has 17 heavy (non-hydrogen) atoms. The second kappa shape index (κ2) is 5.01. The fourth-order valence-corrected chi connectivity index (χ4v) is 1.53. The monoisotopic (exact) mass is 265 g/mol. The van der Waals surface area contributed by atoms with Crippen molar-refractivity contribution in [3.8, 4) is 12.3 Å². The number of aromatic nitrogens is 2. The van der Waals surface area contributed by atoms with E-state index in [4.69, 9.17) is 11.5 Å². The quantitative estimate of drug-likeness (QED) is 0.806. The van der Waals surface area contributed by atoms with Gasteiger partial charge in [-0.25, -0.2) is 4.79 Å². The van der Waals surface area contributed by atoms with Gasteiger partial charge in [-0.15, -0.1) is 22.5 Å². The molecule has 92 valence electrons. The molecule has 2 N–H and O–H groups in total. The van der Waals surface area contributed by atoms with Gasteiger partial charge in [-0.1, -0.05) is 11.3 Å². The van der Waals surface area contributed by atoms with Crippen LogP contribution in [-0.2, 0) is 11.0 Å². The molecule has 1 atom stereocenters. The molecule has 0 aliphatic carbocycles. The number of terminal acetylenes is 1. The molecular weight excluding hydrogens is 259 g/mol. The molecule has 5 nitrogen and oxygen atoms in total. The molecule has 0 bridgehead atoms. The van der Waals surface area contributed by atoms with Gasteiger partial charge in [0.1, 0.15) is 6.04 Å². The van der Waals surface area contributed by atoms with Crippen LogP contribution in [0.15, 0.2) is 0 Å². The third-order valence-electron chi connectivity index (χ3n) is 1.59. The SMILES string of the molecule is C#CCC(Nc1nnc(C(F)(F)F)s1)C(=O)O. The molecule has 1 rings (SSSR count). The van der Waals surface area contributed by atoms with Crippen molar-refractivity contribution >= 4 is 22.4 Å². The summed E-state index contributed by atoms with van der Waals surface area (Å²) >= 11 is 0.221. The lowest BCUT2D eigenvalue weighted by atomic mass is 10.2. The van der Waals surface area contributed by atoms with Gasteiger partial charge in [0.05, 0.1) is 0 Å². The number of carboxylic acids is 1. The number of hydrogen-bond acceptors (Lipinski definition) is 5. The minimum atomic E-state index is -4.59. The van der Waals surface area contributed by atoms with Crippen LogP contribution in [0.5, 0.6) is 0 Å². The second-order valence-electron chi connectivity index (χ2n) is 2.85. The summed E-state index contributed by atoms with van der Waals surface area (Å²) in [5.41, 5.74) is 0. The highest BCUT2D eigenvalue weighted by molar-refractivity contribution is 7.15. The van der Waals surface area contributed by atoms with Crippen LogP contribution in [-0.4, -0.2) is 27.3 Å². The lowest BCUT2D eigenvalue weighted by Gasteiger charge is -2.09. The van der Waals surface area contributed by atoms with Crippen LogP contribution in [0.1, 0.15) is 11.4 Å². The van der Waals surface area contributed by atoms with Gasteiger partial charge in [-0.05, 0) is 0 Å². The molecule has 1 heterocycles. The fourth-order valence-electron chi connectivity index (χ4n) is 0.863. The summed E-state index contributed by atoms with van der Waals surface area (Å²) in [7, 11) is 0. The molecule has 0 aromatic carbocycles. The maximum atomic E-state index is 12.2. The van der Waals surface area contributed by atoms with E-state index in [2.05, 4.69) is 21.4 Å². The molecule has 0 saturated carbocycles. The minimum Gasteiger partial charge on any atom is -0.480 e. The molecule has 0 aliphatic heterocycles. The van der Waals surface area contributed by atoms with E-state index in [1.165, 1.54) is 0 Å². The second-order valence-corrected chi connectivity index (χ2v) is 3.83. The first-order valence-electron chi connectivity index (χ1n) is 4.18. The molecule has 1 aromatic rings. The molecule has 9 heteroatoms. The lowest BCUT2D eigenvalue weighted by Crippen LogP contribution is -2.28. The minimum absolute atomic E-state index is 0.170. The molecule has 0 amide bonds. The average Bonchev–Trinajstić information content (AvgIpc) is 2.64. The van der Waals surface area contributed by atoms with Gasteiger partial charge < -0.3 is 10.4 Å². The van der Waals surface area contributed by atoms with Crippen molar-refractivity contribution < 1.29 is 23.1 Å². The molecule has 1 aromatic heterocycles. The molecular formula is C8H6F3N3O2S. The van der Waals surface area contributed by atoms with Crippen LogP contribution in [0.25, 0.3) is 0 Å². The highest BCUT2D eigenvalue weighted by Crippen LogP contribution is 2.33. The summed E-state index contributed by atoms with van der Waals surface area (Å²) < 4.78 is 36.5. The van der Waals surface area contributed by atoms with E-state index in [0.29, 0.717) is 0 Å². The Balaban J connectivity index is 2.78. The van der Waals surface area contributed by atoms with Crippen molar-refractivity contribution in [3.05, 3.63) is 5.01 Å². The largest absolute Gasteiger partial charge is 0.480 e. The van der Waals surface area contributed by atoms with E-state index >= 15 is 0 Å². The van der Waals surface area contributed by atoms with Crippen LogP contribution in [0.2, 0.25) is 0 Å². The number of hydrogen-bond donors (Lipinski definition) is 2. The third-order valence-corrected chi connectivity index (χ3v) is 2.48. The number of carbonyl (C=O) groups is 1. The van der Waals surface area contributed by atoms with E-state index in [1.807, 2.05) is 0 Å². The van der Waals surface area contributed by atoms with Gasteiger partial charge in [0.15, 0.2) is 0 Å². The lowest BCUT2D eigenvalue weighted by molar-refractivity contribution is -0.138. The third kappa shape index (κ3) is 3.60. The molecule has 0 spiro atoms. The van der Waals surface area contributed by atoms with E-state index in [-0.39, 0.29) is 22.9 Å². The van der Waals surface area contributed by atoms with E-state index in [0.717, 1.165) is 0 Å². The van der Waals surface area contributed by atoms with E-state index in [1.54, 1.807) is 0 Å². The van der Waals surface area contributed by atoms with Crippen molar-refractivity contribution in [1.82, 2.24) is 10.2 Å². The van der Waals surface area contributed by atoms with E-state index in [9.17, 15) is 18.0 Å². The van der Waals surface area contributed by atoms with Gasteiger partial charge >= 0.3 is 12.1 Å². The predicted molar refractivity (Wildman–Crippen MR) is 53.4 cm³/mol. The highest BCUT2D eigenvalue weighted by atomic mass is 32.1. The van der Waals surface area contributed by atoms with Crippen LogP contribution < -0.4 is 5.32 Å². The Morgan fingerprint density at radius 2 is 2.24 bits per heavy atom. The Bertz CT molecular complexity index is 452. The number of halogens is 3. The fraction of sp³-hybridized carbons (Fsp3) is 0.375.